The molecule has 1 saturated carbocycles. The molecule has 1 aromatic rings. The van der Waals surface area contributed by atoms with E-state index in [1.165, 1.54) is 19.2 Å². The Kier molecular flexibility index (Phi) is 3.29. The van der Waals surface area contributed by atoms with Gasteiger partial charge in [-0.3, -0.25) is 9.89 Å². The Morgan fingerprint density at radius 3 is 3.20 bits per heavy atom. The van der Waals surface area contributed by atoms with Gasteiger partial charge in [0.05, 0.1) is 6.61 Å². The average Bonchev–Trinajstić information content (AvgIpc) is 2.90. The lowest BCUT2D eigenvalue weighted by atomic mass is 10.5. The number of hydrogen-bond donors (Lipinski definition) is 2. The van der Waals surface area contributed by atoms with Gasteiger partial charge in [-0.05, 0) is 18.8 Å². The van der Waals surface area contributed by atoms with Crippen molar-refractivity contribution < 1.29 is 9.53 Å². The van der Waals surface area contributed by atoms with Crippen molar-refractivity contribution in [2.45, 2.75) is 12.8 Å². The topological polar surface area (TPSA) is 79.9 Å². The van der Waals surface area contributed by atoms with Gasteiger partial charge in [0.15, 0.2) is 0 Å². The van der Waals surface area contributed by atoms with Gasteiger partial charge < -0.3 is 10.1 Å². The molecule has 0 unspecified atom stereocenters. The van der Waals surface area contributed by atoms with Crippen molar-refractivity contribution >= 4 is 5.91 Å². The molecule has 82 valence electrons. The van der Waals surface area contributed by atoms with E-state index in [0.29, 0.717) is 13.2 Å². The second-order valence-electron chi connectivity index (χ2n) is 3.61. The summed E-state index contributed by atoms with van der Waals surface area (Å²) in [6.07, 6.45) is 3.87. The number of nitrogens with one attached hydrogen (secondary N) is 2. The molecule has 6 heteroatoms. The van der Waals surface area contributed by atoms with E-state index in [1.54, 1.807) is 0 Å². The van der Waals surface area contributed by atoms with Crippen LogP contribution < -0.4 is 5.32 Å². The van der Waals surface area contributed by atoms with Crippen molar-refractivity contribution in [3.63, 3.8) is 0 Å². The molecule has 1 heterocycles. The molecule has 6 nitrogen and oxygen atoms in total. The fraction of sp³-hybridized carbons (Fsp3) is 0.667. The van der Waals surface area contributed by atoms with E-state index < -0.39 is 0 Å². The monoisotopic (exact) mass is 210 g/mol. The smallest absolute Gasteiger partial charge is 0.288 e. The van der Waals surface area contributed by atoms with Crippen molar-refractivity contribution in [3.8, 4) is 0 Å². The summed E-state index contributed by atoms with van der Waals surface area (Å²) in [5, 5.41) is 8.76. The second kappa shape index (κ2) is 4.88. The van der Waals surface area contributed by atoms with Gasteiger partial charge in [-0.15, -0.1) is 0 Å². The van der Waals surface area contributed by atoms with Gasteiger partial charge in [0.2, 0.25) is 5.82 Å². The lowest BCUT2D eigenvalue weighted by Gasteiger charge is -2.03. The van der Waals surface area contributed by atoms with Crippen LogP contribution in [0.15, 0.2) is 6.33 Å². The van der Waals surface area contributed by atoms with Crippen LogP contribution in [0.2, 0.25) is 0 Å². The van der Waals surface area contributed by atoms with E-state index in [4.69, 9.17) is 4.74 Å². The molecule has 0 saturated heterocycles. The number of amides is 1. The first-order valence-corrected chi connectivity index (χ1v) is 5.07. The third kappa shape index (κ3) is 3.32. The second-order valence-corrected chi connectivity index (χ2v) is 3.61. The maximum Gasteiger partial charge on any atom is 0.288 e. The molecule has 0 aromatic carbocycles. The maximum absolute atomic E-state index is 11.3. The number of carbonyl (C=O) groups excluding carboxylic acids is 1. The van der Waals surface area contributed by atoms with Crippen LogP contribution >= 0.6 is 0 Å². The summed E-state index contributed by atoms with van der Waals surface area (Å²) in [5.41, 5.74) is 0. The van der Waals surface area contributed by atoms with Crippen LogP contribution in [0.25, 0.3) is 0 Å². The highest BCUT2D eigenvalue weighted by atomic mass is 16.5. The number of hydrogen-bond acceptors (Lipinski definition) is 4. The van der Waals surface area contributed by atoms with Crippen LogP contribution in [0.5, 0.6) is 0 Å². The lowest BCUT2D eigenvalue weighted by molar-refractivity contribution is 0.0897. The summed E-state index contributed by atoms with van der Waals surface area (Å²) < 4.78 is 5.36. The van der Waals surface area contributed by atoms with Crippen LogP contribution in [0.4, 0.5) is 0 Å². The van der Waals surface area contributed by atoms with E-state index in [1.807, 2.05) is 0 Å². The Balaban J connectivity index is 1.55. The summed E-state index contributed by atoms with van der Waals surface area (Å²) >= 11 is 0. The third-order valence-corrected chi connectivity index (χ3v) is 2.21. The van der Waals surface area contributed by atoms with Crippen molar-refractivity contribution in [2.24, 2.45) is 5.92 Å². The van der Waals surface area contributed by atoms with Crippen LogP contribution in [0, 0.1) is 5.92 Å². The Morgan fingerprint density at radius 2 is 2.53 bits per heavy atom. The van der Waals surface area contributed by atoms with Crippen LogP contribution in [-0.2, 0) is 4.74 Å². The number of rotatable bonds is 6. The van der Waals surface area contributed by atoms with Gasteiger partial charge in [-0.25, -0.2) is 4.98 Å². The molecule has 0 bridgehead atoms. The van der Waals surface area contributed by atoms with E-state index in [9.17, 15) is 4.79 Å². The number of ether oxygens (including phenoxy) is 1. The molecule has 0 atom stereocenters. The highest BCUT2D eigenvalue weighted by molar-refractivity contribution is 5.90. The van der Waals surface area contributed by atoms with Gasteiger partial charge in [0.1, 0.15) is 6.33 Å². The maximum atomic E-state index is 11.3. The summed E-state index contributed by atoms with van der Waals surface area (Å²) in [4.78, 5) is 15.0. The first kappa shape index (κ1) is 10.1. The van der Waals surface area contributed by atoms with Crippen LogP contribution in [0.1, 0.15) is 23.5 Å². The van der Waals surface area contributed by atoms with Crippen LogP contribution in [0.3, 0.4) is 0 Å². The standard InChI is InChI=1S/C9H14N4O2/c14-9(8-11-6-12-13-8)10-3-4-15-5-7-1-2-7/h6-7H,1-5H2,(H,10,14)(H,11,12,13). The Labute approximate surface area is 87.4 Å². The number of carbonyl (C=O) groups is 1. The fourth-order valence-corrected chi connectivity index (χ4v) is 1.17. The molecule has 15 heavy (non-hydrogen) atoms. The summed E-state index contributed by atoms with van der Waals surface area (Å²) in [5.74, 6) is 0.745. The van der Waals surface area contributed by atoms with E-state index >= 15 is 0 Å². The van der Waals surface area contributed by atoms with Crippen LogP contribution in [-0.4, -0.2) is 40.8 Å². The Bertz CT molecular complexity index is 308. The largest absolute Gasteiger partial charge is 0.379 e. The first-order chi connectivity index (χ1) is 7.36. The van der Waals surface area contributed by atoms with E-state index in [2.05, 4.69) is 20.5 Å². The Hall–Kier alpha value is -1.43. The number of aromatic amines is 1. The molecule has 0 radical (unpaired) electrons. The SMILES string of the molecule is O=C(NCCOCC1CC1)c1ncn[nH]1. The number of aromatic nitrogens is 3. The molecule has 2 N–H and O–H groups in total. The normalized spacial score (nSPS) is 15.2. The van der Waals surface area contributed by atoms with Crippen molar-refractivity contribution in [2.75, 3.05) is 19.8 Å². The molecular formula is C9H14N4O2. The molecule has 1 aliphatic carbocycles. The van der Waals surface area contributed by atoms with Crippen molar-refractivity contribution in [3.05, 3.63) is 12.2 Å². The van der Waals surface area contributed by atoms with Gasteiger partial charge in [-0.1, -0.05) is 0 Å². The average molecular weight is 210 g/mol. The molecule has 0 aliphatic heterocycles. The number of H-pyrrole nitrogens is 1. The molecular weight excluding hydrogens is 196 g/mol. The van der Waals surface area contributed by atoms with Crippen molar-refractivity contribution in [1.82, 2.24) is 20.5 Å². The molecule has 0 spiro atoms. The van der Waals surface area contributed by atoms with Crippen molar-refractivity contribution in [1.29, 1.82) is 0 Å². The molecule has 1 aliphatic rings. The minimum Gasteiger partial charge on any atom is -0.379 e. The lowest BCUT2D eigenvalue weighted by Crippen LogP contribution is -2.28. The van der Waals surface area contributed by atoms with Gasteiger partial charge >= 0.3 is 0 Å². The predicted octanol–water partition coefficient (Wildman–Crippen LogP) is -0.0389. The summed E-state index contributed by atoms with van der Waals surface area (Å²) in [7, 11) is 0. The highest BCUT2D eigenvalue weighted by Crippen LogP contribution is 2.28. The summed E-state index contributed by atoms with van der Waals surface area (Å²) in [6, 6.07) is 0. The predicted molar refractivity (Wildman–Crippen MR) is 52.3 cm³/mol. The highest BCUT2D eigenvalue weighted by Gasteiger charge is 2.20. The Morgan fingerprint density at radius 1 is 1.67 bits per heavy atom. The molecule has 1 aromatic heterocycles. The van der Waals surface area contributed by atoms with Gasteiger partial charge in [-0.2, -0.15) is 5.10 Å². The van der Waals surface area contributed by atoms with Gasteiger partial charge in [0.25, 0.3) is 5.91 Å². The number of nitrogens with zero attached hydrogens (tertiary/aromatic N) is 2. The molecule has 1 amide bonds. The van der Waals surface area contributed by atoms with Gasteiger partial charge in [0, 0.05) is 13.2 Å². The minimum absolute atomic E-state index is 0.234. The quantitative estimate of drug-likeness (QED) is 0.646. The summed E-state index contributed by atoms with van der Waals surface area (Å²) in [6.45, 7) is 1.88. The zero-order valence-corrected chi connectivity index (χ0v) is 8.40. The minimum atomic E-state index is -0.248. The first-order valence-electron chi connectivity index (χ1n) is 5.07. The molecule has 1 fully saturated rings. The third-order valence-electron chi connectivity index (χ3n) is 2.21. The van der Waals surface area contributed by atoms with E-state index in [-0.39, 0.29) is 11.7 Å². The zero-order valence-electron chi connectivity index (χ0n) is 8.40. The zero-order chi connectivity index (χ0) is 10.5. The van der Waals surface area contributed by atoms with E-state index in [0.717, 1.165) is 12.5 Å². The molecule has 2 rings (SSSR count). The fourth-order valence-electron chi connectivity index (χ4n) is 1.17.